The molecule has 0 unspecified atom stereocenters. The highest BCUT2D eigenvalue weighted by molar-refractivity contribution is 6.09. The lowest BCUT2D eigenvalue weighted by Gasteiger charge is -2.10. The van der Waals surface area contributed by atoms with Crippen molar-refractivity contribution < 1.29 is 14.4 Å². The molecule has 8 heteroatoms. The summed E-state index contributed by atoms with van der Waals surface area (Å²) in [5, 5.41) is 12.0. The van der Waals surface area contributed by atoms with E-state index in [4.69, 9.17) is 5.73 Å². The normalized spacial score (nSPS) is 10.6. The predicted octanol–water partition coefficient (Wildman–Crippen LogP) is 2.23. The molecule has 8 nitrogen and oxygen atoms in total. The molecule has 1 aromatic heterocycles. The molecule has 0 saturated carbocycles. The summed E-state index contributed by atoms with van der Waals surface area (Å²) in [6.07, 6.45) is 0.338. The number of carbonyl (C=O) groups excluding carboxylic acids is 3. The van der Waals surface area contributed by atoms with E-state index < -0.39 is 11.8 Å². The first-order valence-electron chi connectivity index (χ1n) is 7.92. The molecule has 0 atom stereocenters. The van der Waals surface area contributed by atoms with Crippen molar-refractivity contribution in [2.45, 2.75) is 33.1 Å². The number of nitrogens with two attached hydrogens (primary N) is 1. The second-order valence-electron chi connectivity index (χ2n) is 5.82. The van der Waals surface area contributed by atoms with Crippen LogP contribution in [0.25, 0.3) is 0 Å². The topological polar surface area (TPSA) is 130 Å². The first kappa shape index (κ1) is 18.2. The van der Waals surface area contributed by atoms with Gasteiger partial charge in [-0.15, -0.1) is 0 Å². The minimum Gasteiger partial charge on any atom is -0.364 e. The number of carbonyl (C=O) groups is 3. The second-order valence-corrected chi connectivity index (χ2v) is 5.82. The molecule has 1 aromatic carbocycles. The van der Waals surface area contributed by atoms with Gasteiger partial charge in [0.2, 0.25) is 5.91 Å². The fraction of sp³-hybridized carbons (Fsp3) is 0.294. The number of hydrogen-bond donors (Lipinski definition) is 4. The molecular weight excluding hydrogens is 322 g/mol. The molecular formula is C17H21N5O3. The van der Waals surface area contributed by atoms with Crippen LogP contribution < -0.4 is 16.4 Å². The number of H-pyrrole nitrogens is 1. The van der Waals surface area contributed by atoms with Crippen LogP contribution in [0.15, 0.2) is 24.3 Å². The van der Waals surface area contributed by atoms with Crippen molar-refractivity contribution in [1.29, 1.82) is 0 Å². The van der Waals surface area contributed by atoms with Crippen LogP contribution in [-0.4, -0.2) is 27.9 Å². The Morgan fingerprint density at radius 3 is 2.56 bits per heavy atom. The molecule has 0 aliphatic carbocycles. The minimum absolute atomic E-state index is 0.00563. The van der Waals surface area contributed by atoms with Crippen LogP contribution in [0.4, 0.5) is 11.4 Å². The predicted molar refractivity (Wildman–Crippen MR) is 94.5 cm³/mol. The van der Waals surface area contributed by atoms with E-state index in [1.165, 1.54) is 0 Å². The lowest BCUT2D eigenvalue weighted by Crippen LogP contribution is -2.19. The third kappa shape index (κ3) is 4.23. The van der Waals surface area contributed by atoms with Crippen molar-refractivity contribution >= 4 is 29.1 Å². The zero-order valence-corrected chi connectivity index (χ0v) is 14.3. The van der Waals surface area contributed by atoms with Crippen molar-refractivity contribution in [3.8, 4) is 0 Å². The van der Waals surface area contributed by atoms with E-state index >= 15 is 0 Å². The maximum Gasteiger partial charge on any atom is 0.271 e. The Kier molecular flexibility index (Phi) is 5.53. The molecule has 0 saturated heterocycles. The number of amides is 3. The average Bonchev–Trinajstić information content (AvgIpc) is 2.99. The van der Waals surface area contributed by atoms with Crippen molar-refractivity contribution in [3.63, 3.8) is 0 Å². The Morgan fingerprint density at radius 2 is 1.96 bits per heavy atom. The van der Waals surface area contributed by atoms with Gasteiger partial charge in [0.05, 0.1) is 11.4 Å². The monoisotopic (exact) mass is 343 g/mol. The Bertz CT molecular complexity index is 810. The highest BCUT2D eigenvalue weighted by Gasteiger charge is 2.21. The molecule has 0 fully saturated rings. The molecule has 0 spiro atoms. The van der Waals surface area contributed by atoms with Gasteiger partial charge in [-0.1, -0.05) is 26.8 Å². The summed E-state index contributed by atoms with van der Waals surface area (Å²) in [6.45, 7) is 5.54. The van der Waals surface area contributed by atoms with Crippen molar-refractivity contribution in [3.05, 3.63) is 41.2 Å². The number of aromatic nitrogens is 2. The number of aromatic amines is 1. The summed E-state index contributed by atoms with van der Waals surface area (Å²) in [6, 6.07) is 6.52. The molecule has 1 heterocycles. The summed E-state index contributed by atoms with van der Waals surface area (Å²) in [7, 11) is 0. The number of benzene rings is 1. The van der Waals surface area contributed by atoms with Gasteiger partial charge in [-0.25, -0.2) is 0 Å². The zero-order chi connectivity index (χ0) is 18.6. The fourth-order valence-electron chi connectivity index (χ4n) is 2.25. The molecule has 5 N–H and O–H groups in total. The van der Waals surface area contributed by atoms with Gasteiger partial charge in [-0.2, -0.15) is 5.10 Å². The molecule has 3 amide bonds. The van der Waals surface area contributed by atoms with Gasteiger partial charge >= 0.3 is 0 Å². The largest absolute Gasteiger partial charge is 0.364 e. The van der Waals surface area contributed by atoms with Gasteiger partial charge in [0.15, 0.2) is 5.69 Å². The number of nitrogens with zero attached hydrogens (tertiary/aromatic N) is 1. The van der Waals surface area contributed by atoms with Crippen LogP contribution in [0, 0.1) is 0 Å². The third-order valence-corrected chi connectivity index (χ3v) is 3.57. The number of primary amides is 1. The molecule has 2 aromatic rings. The first-order valence-corrected chi connectivity index (χ1v) is 7.92. The summed E-state index contributed by atoms with van der Waals surface area (Å²) >= 11 is 0. The number of nitrogens with one attached hydrogen (secondary N) is 3. The van der Waals surface area contributed by atoms with E-state index in [9.17, 15) is 14.4 Å². The van der Waals surface area contributed by atoms with Gasteiger partial charge in [-0.05, 0) is 24.1 Å². The van der Waals surface area contributed by atoms with E-state index in [0.717, 1.165) is 0 Å². The van der Waals surface area contributed by atoms with Crippen molar-refractivity contribution in [1.82, 2.24) is 10.2 Å². The molecule has 0 aliphatic heterocycles. The van der Waals surface area contributed by atoms with Crippen LogP contribution in [0.1, 0.15) is 59.7 Å². The van der Waals surface area contributed by atoms with Gasteiger partial charge < -0.3 is 16.4 Å². The average molecular weight is 343 g/mol. The van der Waals surface area contributed by atoms with Crippen molar-refractivity contribution in [2.24, 2.45) is 5.73 Å². The van der Waals surface area contributed by atoms with E-state index in [2.05, 4.69) is 20.8 Å². The summed E-state index contributed by atoms with van der Waals surface area (Å²) in [5.74, 6) is -1.31. The minimum atomic E-state index is -0.734. The maximum atomic E-state index is 12.6. The van der Waals surface area contributed by atoms with Crippen molar-refractivity contribution in [2.75, 3.05) is 10.6 Å². The summed E-state index contributed by atoms with van der Waals surface area (Å²) in [5.41, 5.74) is 7.03. The van der Waals surface area contributed by atoms with Gasteiger partial charge in [0, 0.05) is 17.7 Å². The maximum absolute atomic E-state index is 12.6. The Morgan fingerprint density at radius 1 is 1.24 bits per heavy atom. The van der Waals surface area contributed by atoms with E-state index in [0.29, 0.717) is 23.4 Å². The molecule has 25 heavy (non-hydrogen) atoms. The van der Waals surface area contributed by atoms with E-state index in [1.54, 1.807) is 31.2 Å². The highest BCUT2D eigenvalue weighted by atomic mass is 16.2. The number of anilines is 2. The lowest BCUT2D eigenvalue weighted by molar-refractivity contribution is -0.115. The van der Waals surface area contributed by atoms with Crippen LogP contribution in [-0.2, 0) is 4.79 Å². The molecule has 132 valence electrons. The van der Waals surface area contributed by atoms with Gasteiger partial charge in [0.25, 0.3) is 11.8 Å². The van der Waals surface area contributed by atoms with Crippen LogP contribution >= 0.6 is 0 Å². The Labute approximate surface area is 145 Å². The summed E-state index contributed by atoms with van der Waals surface area (Å²) < 4.78 is 0. The Hall–Kier alpha value is -3.16. The van der Waals surface area contributed by atoms with E-state index in [1.807, 2.05) is 13.8 Å². The lowest BCUT2D eigenvalue weighted by atomic mass is 10.1. The fourth-order valence-corrected chi connectivity index (χ4v) is 2.25. The number of hydrogen-bond acceptors (Lipinski definition) is 4. The molecule has 0 bridgehead atoms. The summed E-state index contributed by atoms with van der Waals surface area (Å²) in [4.78, 5) is 35.6. The third-order valence-electron chi connectivity index (χ3n) is 3.57. The van der Waals surface area contributed by atoms with Crippen LogP contribution in [0.3, 0.4) is 0 Å². The molecule has 2 rings (SSSR count). The van der Waals surface area contributed by atoms with Gasteiger partial charge in [0.1, 0.15) is 0 Å². The number of rotatable bonds is 6. The smallest absolute Gasteiger partial charge is 0.271 e. The van der Waals surface area contributed by atoms with Crippen LogP contribution in [0.2, 0.25) is 0 Å². The molecule has 0 radical (unpaired) electrons. The first-order chi connectivity index (χ1) is 11.8. The standard InChI is InChI=1S/C17H21N5O3/c1-4-12(23)19-11-7-5-6-10(8-11)17(25)20-14-13(9(2)3)21-22-15(14)16(18)24/h5-9H,4H2,1-3H3,(H2,18,24)(H,19,23)(H,20,25)(H,21,22). The Balaban J connectivity index is 2.28. The van der Waals surface area contributed by atoms with Crippen LogP contribution in [0.5, 0.6) is 0 Å². The van der Waals surface area contributed by atoms with E-state index in [-0.39, 0.29) is 23.2 Å². The quantitative estimate of drug-likeness (QED) is 0.640. The SMILES string of the molecule is CCC(=O)Nc1cccc(C(=O)Nc2c(C(N)=O)n[nH]c2C(C)C)c1. The molecule has 0 aliphatic rings. The zero-order valence-electron chi connectivity index (χ0n) is 14.3. The second kappa shape index (κ2) is 7.61. The highest BCUT2D eigenvalue weighted by Crippen LogP contribution is 2.26. The van der Waals surface area contributed by atoms with Gasteiger partial charge in [-0.3, -0.25) is 19.5 Å².